The first-order chi connectivity index (χ1) is 10.5. The Hall–Kier alpha value is -1.44. The lowest BCUT2D eigenvalue weighted by atomic mass is 9.88. The molecule has 1 saturated heterocycles. The molecule has 1 amide bonds. The minimum Gasteiger partial charge on any atom is -0.494 e. The molecule has 1 aliphatic rings. The zero-order valence-corrected chi connectivity index (χ0v) is 14.4. The number of nitrogens with zero attached hydrogens (tertiary/aromatic N) is 1. The Morgan fingerprint density at radius 2 is 1.83 bits per heavy atom. The first kappa shape index (κ1) is 19.6. The number of likely N-dealkylation sites (tertiary alicyclic amines) is 1. The van der Waals surface area contributed by atoms with E-state index in [0.29, 0.717) is 25.9 Å². The van der Waals surface area contributed by atoms with Gasteiger partial charge in [0.2, 0.25) is 5.91 Å². The van der Waals surface area contributed by atoms with Crippen molar-refractivity contribution < 1.29 is 20.1 Å². The fraction of sp³-hybridized carbons (Fsp3) is 0.750. The Kier molecular flexibility index (Phi) is 6.33. The molecule has 5 N–H and O–H groups in total. The Morgan fingerprint density at radius 3 is 2.30 bits per heavy atom. The van der Waals surface area contributed by atoms with Crippen molar-refractivity contribution in [2.75, 3.05) is 19.7 Å². The number of aliphatic hydroxyl groups excluding tert-OH is 3. The molecule has 0 saturated carbocycles. The number of carbonyl (C=O) groups is 1. The zero-order chi connectivity index (χ0) is 17.8. The summed E-state index contributed by atoms with van der Waals surface area (Å²) in [5.74, 6) is -0.788. The summed E-state index contributed by atoms with van der Waals surface area (Å²) in [6.45, 7) is 7.85. The van der Waals surface area contributed by atoms with E-state index in [1.165, 1.54) is 0 Å². The summed E-state index contributed by atoms with van der Waals surface area (Å²) in [4.78, 5) is 14.4. The van der Waals surface area contributed by atoms with E-state index < -0.39 is 16.8 Å². The Balaban J connectivity index is 2.72. The van der Waals surface area contributed by atoms with Crippen LogP contribution in [0.3, 0.4) is 0 Å². The molecule has 7 heteroatoms. The standard InChI is InChI=1S/C16H29N3O4/c1-15(2,10-20)12(17)9-13(22)18-14(23)16(3,4)19-7-5-11(21)6-8-19/h9,11,17,20-22H,5-8,10H2,1-4H3,(H,18,23)/b13-9-,17-12?. The van der Waals surface area contributed by atoms with E-state index in [4.69, 9.17) is 5.41 Å². The van der Waals surface area contributed by atoms with Crippen molar-refractivity contribution in [2.45, 2.75) is 52.2 Å². The zero-order valence-electron chi connectivity index (χ0n) is 14.4. The van der Waals surface area contributed by atoms with Gasteiger partial charge in [0.15, 0.2) is 5.88 Å². The number of hydrogen-bond acceptors (Lipinski definition) is 6. The van der Waals surface area contributed by atoms with Gasteiger partial charge >= 0.3 is 0 Å². The molecule has 0 spiro atoms. The van der Waals surface area contributed by atoms with Crippen LogP contribution in [0.5, 0.6) is 0 Å². The molecule has 0 aromatic carbocycles. The van der Waals surface area contributed by atoms with Crippen LogP contribution in [0.25, 0.3) is 0 Å². The van der Waals surface area contributed by atoms with Gasteiger partial charge in [-0.05, 0) is 26.7 Å². The second-order valence-corrected chi connectivity index (χ2v) is 7.22. The fourth-order valence-corrected chi connectivity index (χ4v) is 2.29. The van der Waals surface area contributed by atoms with E-state index in [1.54, 1.807) is 27.7 Å². The summed E-state index contributed by atoms with van der Waals surface area (Å²) in [6, 6.07) is 0. The van der Waals surface area contributed by atoms with Crippen LogP contribution >= 0.6 is 0 Å². The summed E-state index contributed by atoms with van der Waals surface area (Å²) in [6.07, 6.45) is 2.06. The van der Waals surface area contributed by atoms with Crippen LogP contribution in [0.15, 0.2) is 12.0 Å². The van der Waals surface area contributed by atoms with Crippen molar-refractivity contribution >= 4 is 11.6 Å². The molecule has 0 radical (unpaired) electrons. The third-order valence-electron chi connectivity index (χ3n) is 4.46. The third-order valence-corrected chi connectivity index (χ3v) is 4.46. The lowest BCUT2D eigenvalue weighted by molar-refractivity contribution is -0.133. The molecular formula is C16H29N3O4. The summed E-state index contributed by atoms with van der Waals surface area (Å²) in [5.41, 5.74) is -1.61. The van der Waals surface area contributed by atoms with Gasteiger partial charge in [0.05, 0.1) is 18.2 Å². The van der Waals surface area contributed by atoms with Gasteiger partial charge < -0.3 is 20.7 Å². The summed E-state index contributed by atoms with van der Waals surface area (Å²) in [5, 5.41) is 38.9. The van der Waals surface area contributed by atoms with E-state index in [2.05, 4.69) is 5.32 Å². The number of aliphatic hydroxyl groups is 3. The number of hydrogen-bond donors (Lipinski definition) is 5. The van der Waals surface area contributed by atoms with Crippen LogP contribution in [-0.4, -0.2) is 63.2 Å². The average molecular weight is 327 g/mol. The molecule has 1 aliphatic heterocycles. The highest BCUT2D eigenvalue weighted by molar-refractivity contribution is 5.97. The van der Waals surface area contributed by atoms with Gasteiger partial charge in [0.1, 0.15) is 0 Å². The molecule has 0 atom stereocenters. The first-order valence-electron chi connectivity index (χ1n) is 7.86. The van der Waals surface area contributed by atoms with Crippen LogP contribution in [0, 0.1) is 10.8 Å². The molecule has 0 aromatic rings. The highest BCUT2D eigenvalue weighted by atomic mass is 16.3. The van der Waals surface area contributed by atoms with Gasteiger partial charge in [-0.15, -0.1) is 0 Å². The first-order valence-corrected chi connectivity index (χ1v) is 7.86. The van der Waals surface area contributed by atoms with E-state index in [1.807, 2.05) is 4.90 Å². The predicted molar refractivity (Wildman–Crippen MR) is 88.3 cm³/mol. The third kappa shape index (κ3) is 5.02. The molecule has 0 unspecified atom stereocenters. The van der Waals surface area contributed by atoms with Gasteiger partial charge in [-0.25, -0.2) is 0 Å². The van der Waals surface area contributed by atoms with Crippen LogP contribution in [0.2, 0.25) is 0 Å². The molecule has 1 heterocycles. The van der Waals surface area contributed by atoms with E-state index >= 15 is 0 Å². The Labute approximate surface area is 137 Å². The predicted octanol–water partition coefficient (Wildman–Crippen LogP) is 0.776. The molecule has 132 valence electrons. The maximum Gasteiger partial charge on any atom is 0.246 e. The van der Waals surface area contributed by atoms with Crippen molar-refractivity contribution in [3.8, 4) is 0 Å². The fourth-order valence-electron chi connectivity index (χ4n) is 2.29. The van der Waals surface area contributed by atoms with Crippen molar-refractivity contribution in [1.29, 1.82) is 5.41 Å². The molecule has 0 aromatic heterocycles. The number of carbonyl (C=O) groups excluding carboxylic acids is 1. The number of nitrogens with one attached hydrogen (secondary N) is 2. The van der Waals surface area contributed by atoms with Crippen molar-refractivity contribution in [2.24, 2.45) is 5.41 Å². The maximum absolute atomic E-state index is 12.4. The Morgan fingerprint density at radius 1 is 1.30 bits per heavy atom. The van der Waals surface area contributed by atoms with Gasteiger partial charge in [0, 0.05) is 30.3 Å². The molecule has 0 bridgehead atoms. The van der Waals surface area contributed by atoms with E-state index in [0.717, 1.165) is 6.08 Å². The quantitative estimate of drug-likeness (QED) is 0.365. The van der Waals surface area contributed by atoms with E-state index in [9.17, 15) is 20.1 Å². The van der Waals surface area contributed by atoms with Crippen LogP contribution in [0.1, 0.15) is 40.5 Å². The normalized spacial score (nSPS) is 18.8. The van der Waals surface area contributed by atoms with Gasteiger partial charge in [-0.1, -0.05) is 13.8 Å². The highest BCUT2D eigenvalue weighted by Crippen LogP contribution is 2.21. The van der Waals surface area contributed by atoms with Gasteiger partial charge in [-0.3, -0.25) is 15.0 Å². The smallest absolute Gasteiger partial charge is 0.246 e. The number of amides is 1. The SMILES string of the molecule is CC(C)(CO)C(=N)/C=C(\O)NC(=O)C(C)(C)N1CCC(O)CC1. The molecule has 23 heavy (non-hydrogen) atoms. The van der Waals surface area contributed by atoms with Gasteiger partial charge in [-0.2, -0.15) is 0 Å². The van der Waals surface area contributed by atoms with Gasteiger partial charge in [0.25, 0.3) is 0 Å². The second kappa shape index (κ2) is 7.42. The van der Waals surface area contributed by atoms with Crippen LogP contribution in [-0.2, 0) is 4.79 Å². The minimum atomic E-state index is -0.837. The molecule has 1 fully saturated rings. The maximum atomic E-state index is 12.4. The summed E-state index contributed by atoms with van der Waals surface area (Å²) in [7, 11) is 0. The number of piperidine rings is 1. The molecular weight excluding hydrogens is 298 g/mol. The van der Waals surface area contributed by atoms with E-state index in [-0.39, 0.29) is 24.3 Å². The van der Waals surface area contributed by atoms with Crippen molar-refractivity contribution in [1.82, 2.24) is 10.2 Å². The summed E-state index contributed by atoms with van der Waals surface area (Å²) < 4.78 is 0. The van der Waals surface area contributed by atoms with Crippen LogP contribution < -0.4 is 5.32 Å². The minimum absolute atomic E-state index is 0.0247. The topological polar surface area (TPSA) is 117 Å². The monoisotopic (exact) mass is 327 g/mol. The molecule has 0 aliphatic carbocycles. The molecule has 7 nitrogen and oxygen atoms in total. The average Bonchev–Trinajstić information content (AvgIpc) is 2.47. The summed E-state index contributed by atoms with van der Waals surface area (Å²) >= 11 is 0. The van der Waals surface area contributed by atoms with Crippen molar-refractivity contribution in [3.63, 3.8) is 0 Å². The highest BCUT2D eigenvalue weighted by Gasteiger charge is 2.37. The van der Waals surface area contributed by atoms with Crippen LogP contribution in [0.4, 0.5) is 0 Å². The Bertz CT molecular complexity index is 478. The van der Waals surface area contributed by atoms with Crippen molar-refractivity contribution in [3.05, 3.63) is 12.0 Å². The molecule has 1 rings (SSSR count). The lowest BCUT2D eigenvalue weighted by Crippen LogP contribution is -2.57. The second-order valence-electron chi connectivity index (χ2n) is 7.22. The lowest BCUT2D eigenvalue weighted by Gasteiger charge is -2.40. The number of allylic oxidation sites excluding steroid dienone is 1. The number of rotatable bonds is 6. The largest absolute Gasteiger partial charge is 0.494 e.